The van der Waals surface area contributed by atoms with Gasteiger partial charge >= 0.3 is 0 Å². The van der Waals surface area contributed by atoms with Crippen LogP contribution >= 0.6 is 23.2 Å². The van der Waals surface area contributed by atoms with E-state index in [1.807, 2.05) is 36.4 Å². The molecule has 27 heavy (non-hydrogen) atoms. The predicted molar refractivity (Wildman–Crippen MR) is 106 cm³/mol. The van der Waals surface area contributed by atoms with E-state index in [0.717, 1.165) is 11.1 Å². The minimum Gasteiger partial charge on any atom is -0.336 e. The molecule has 7 heteroatoms. The number of carbonyl (C=O) groups is 1. The van der Waals surface area contributed by atoms with E-state index in [4.69, 9.17) is 23.2 Å². The van der Waals surface area contributed by atoms with Crippen LogP contribution in [0.3, 0.4) is 0 Å². The third kappa shape index (κ3) is 4.56. The molecule has 0 bridgehead atoms. The van der Waals surface area contributed by atoms with E-state index in [-0.39, 0.29) is 23.7 Å². The summed E-state index contributed by atoms with van der Waals surface area (Å²) in [5.41, 5.74) is 1.58. The first-order chi connectivity index (χ1) is 13.0. The first kappa shape index (κ1) is 19.1. The summed E-state index contributed by atoms with van der Waals surface area (Å²) in [7, 11) is 1.65. The molecule has 0 radical (unpaired) electrons. The number of amides is 1. The van der Waals surface area contributed by atoms with Gasteiger partial charge in [0.05, 0.1) is 16.6 Å². The van der Waals surface area contributed by atoms with Gasteiger partial charge in [0, 0.05) is 19.7 Å². The number of carbonyl (C=O) groups excluding carboxylic acids is 1. The number of nitrogens with zero attached hydrogens (tertiary/aromatic N) is 3. The summed E-state index contributed by atoms with van der Waals surface area (Å²) in [5, 5.41) is 5.08. The van der Waals surface area contributed by atoms with Gasteiger partial charge in [0.25, 0.3) is 11.5 Å². The molecule has 1 aromatic heterocycles. The molecule has 0 fully saturated rings. The van der Waals surface area contributed by atoms with Crippen LogP contribution in [0, 0.1) is 0 Å². The summed E-state index contributed by atoms with van der Waals surface area (Å²) in [6.07, 6.45) is 0. The summed E-state index contributed by atoms with van der Waals surface area (Å²) >= 11 is 12.2. The van der Waals surface area contributed by atoms with Crippen molar-refractivity contribution in [3.05, 3.63) is 97.9 Å². The molecule has 3 aromatic rings. The first-order valence-corrected chi connectivity index (χ1v) is 9.02. The van der Waals surface area contributed by atoms with E-state index < -0.39 is 0 Å². The Morgan fingerprint density at radius 2 is 1.78 bits per heavy atom. The van der Waals surface area contributed by atoms with Gasteiger partial charge in [-0.1, -0.05) is 65.7 Å². The second-order valence-electron chi connectivity index (χ2n) is 6.07. The van der Waals surface area contributed by atoms with E-state index in [9.17, 15) is 9.59 Å². The maximum atomic E-state index is 12.7. The van der Waals surface area contributed by atoms with Gasteiger partial charge in [-0.2, -0.15) is 5.10 Å². The lowest BCUT2D eigenvalue weighted by atomic mass is 10.2. The zero-order chi connectivity index (χ0) is 19.4. The molecule has 1 amide bonds. The van der Waals surface area contributed by atoms with Crippen molar-refractivity contribution < 1.29 is 4.79 Å². The Kier molecular flexibility index (Phi) is 5.94. The molecular formula is C20H17Cl2N3O2. The molecule has 5 nitrogen and oxygen atoms in total. The highest BCUT2D eigenvalue weighted by atomic mass is 35.5. The van der Waals surface area contributed by atoms with E-state index in [0.29, 0.717) is 16.6 Å². The second kappa shape index (κ2) is 8.37. The molecule has 0 spiro atoms. The van der Waals surface area contributed by atoms with Crippen molar-refractivity contribution in [3.8, 4) is 0 Å². The summed E-state index contributed by atoms with van der Waals surface area (Å²) in [4.78, 5) is 26.3. The normalized spacial score (nSPS) is 10.6. The van der Waals surface area contributed by atoms with Crippen molar-refractivity contribution in [3.63, 3.8) is 0 Å². The van der Waals surface area contributed by atoms with Crippen molar-refractivity contribution in [1.82, 2.24) is 14.7 Å². The van der Waals surface area contributed by atoms with Crippen LogP contribution in [0.15, 0.2) is 65.5 Å². The molecule has 1 heterocycles. The lowest BCUT2D eigenvalue weighted by Crippen LogP contribution is -2.31. The van der Waals surface area contributed by atoms with Crippen LogP contribution in [-0.2, 0) is 13.1 Å². The lowest BCUT2D eigenvalue weighted by Gasteiger charge is -2.18. The average molecular weight is 402 g/mol. The topological polar surface area (TPSA) is 55.2 Å². The molecule has 0 N–H and O–H groups in total. The predicted octanol–water partition coefficient (Wildman–Crippen LogP) is 3.87. The Hall–Kier alpha value is -2.63. The van der Waals surface area contributed by atoms with Crippen LogP contribution in [0.2, 0.25) is 10.0 Å². The third-order valence-corrected chi connectivity index (χ3v) is 4.90. The van der Waals surface area contributed by atoms with Crippen LogP contribution in [-0.4, -0.2) is 27.6 Å². The number of hydrogen-bond acceptors (Lipinski definition) is 3. The van der Waals surface area contributed by atoms with Crippen molar-refractivity contribution >= 4 is 29.1 Å². The molecule has 0 aliphatic heterocycles. The Morgan fingerprint density at radius 1 is 1.04 bits per heavy atom. The highest BCUT2D eigenvalue weighted by Gasteiger charge is 2.17. The fourth-order valence-corrected chi connectivity index (χ4v) is 3.01. The molecule has 0 atom stereocenters. The zero-order valence-electron chi connectivity index (χ0n) is 14.6. The summed E-state index contributed by atoms with van der Waals surface area (Å²) in [6, 6.07) is 17.5. The summed E-state index contributed by atoms with van der Waals surface area (Å²) in [5.74, 6) is -0.312. The van der Waals surface area contributed by atoms with E-state index >= 15 is 0 Å². The molecule has 138 valence electrons. The van der Waals surface area contributed by atoms with E-state index in [1.165, 1.54) is 21.7 Å². The van der Waals surface area contributed by atoms with Crippen LogP contribution in [0.1, 0.15) is 21.6 Å². The largest absolute Gasteiger partial charge is 0.336 e. The Balaban J connectivity index is 1.81. The van der Waals surface area contributed by atoms with Crippen molar-refractivity contribution in [2.75, 3.05) is 7.05 Å². The van der Waals surface area contributed by atoms with Gasteiger partial charge in [0.1, 0.15) is 5.69 Å². The highest BCUT2D eigenvalue weighted by Crippen LogP contribution is 2.26. The number of halogens is 2. The molecule has 0 saturated carbocycles. The van der Waals surface area contributed by atoms with Gasteiger partial charge in [-0.15, -0.1) is 0 Å². The van der Waals surface area contributed by atoms with Gasteiger partial charge in [-0.3, -0.25) is 9.59 Å². The standard InChI is InChI=1S/C20H17Cl2N3O2/c1-24(13-15-8-5-9-16(21)19(15)22)20(27)17-10-11-18(26)25(23-17)12-14-6-3-2-4-7-14/h2-11H,12-13H2,1H3. The minimum atomic E-state index is -0.312. The van der Waals surface area contributed by atoms with Gasteiger partial charge < -0.3 is 4.90 Å². The molecule has 3 rings (SSSR count). The summed E-state index contributed by atoms with van der Waals surface area (Å²) < 4.78 is 1.28. The van der Waals surface area contributed by atoms with Crippen molar-refractivity contribution in [1.29, 1.82) is 0 Å². The van der Waals surface area contributed by atoms with Crippen molar-refractivity contribution in [2.24, 2.45) is 0 Å². The van der Waals surface area contributed by atoms with Gasteiger partial charge in [-0.25, -0.2) is 4.68 Å². The lowest BCUT2D eigenvalue weighted by molar-refractivity contribution is 0.0776. The summed E-state index contributed by atoms with van der Waals surface area (Å²) in [6.45, 7) is 0.572. The smallest absolute Gasteiger partial charge is 0.274 e. The van der Waals surface area contributed by atoms with Gasteiger partial charge in [-0.05, 0) is 23.3 Å². The number of hydrogen-bond donors (Lipinski definition) is 0. The number of aromatic nitrogens is 2. The Labute approximate surface area is 166 Å². The number of benzene rings is 2. The molecule has 0 aliphatic carbocycles. The molecule has 0 saturated heterocycles. The third-order valence-electron chi connectivity index (χ3n) is 4.05. The van der Waals surface area contributed by atoms with Crippen LogP contribution in [0.4, 0.5) is 0 Å². The van der Waals surface area contributed by atoms with Crippen LogP contribution in [0.25, 0.3) is 0 Å². The molecule has 0 aliphatic rings. The molecular weight excluding hydrogens is 385 g/mol. The molecule has 2 aromatic carbocycles. The first-order valence-electron chi connectivity index (χ1n) is 8.26. The second-order valence-corrected chi connectivity index (χ2v) is 6.86. The van der Waals surface area contributed by atoms with E-state index in [1.54, 1.807) is 19.2 Å². The zero-order valence-corrected chi connectivity index (χ0v) is 16.1. The van der Waals surface area contributed by atoms with E-state index in [2.05, 4.69) is 5.10 Å². The maximum absolute atomic E-state index is 12.7. The molecule has 0 unspecified atom stereocenters. The van der Waals surface area contributed by atoms with Crippen LogP contribution < -0.4 is 5.56 Å². The SMILES string of the molecule is CN(Cc1cccc(Cl)c1Cl)C(=O)c1ccc(=O)n(Cc2ccccc2)n1. The fraction of sp³-hybridized carbons (Fsp3) is 0.150. The minimum absolute atomic E-state index is 0.186. The monoisotopic (exact) mass is 401 g/mol. The Morgan fingerprint density at radius 3 is 2.52 bits per heavy atom. The highest BCUT2D eigenvalue weighted by molar-refractivity contribution is 6.42. The Bertz CT molecular complexity index is 1020. The van der Waals surface area contributed by atoms with Crippen molar-refractivity contribution in [2.45, 2.75) is 13.1 Å². The van der Waals surface area contributed by atoms with Gasteiger partial charge in [0.15, 0.2) is 0 Å². The quantitative estimate of drug-likeness (QED) is 0.651. The fourth-order valence-electron chi connectivity index (χ4n) is 2.63. The maximum Gasteiger partial charge on any atom is 0.274 e. The average Bonchev–Trinajstić information content (AvgIpc) is 2.67. The van der Waals surface area contributed by atoms with Crippen LogP contribution in [0.5, 0.6) is 0 Å². The number of rotatable bonds is 5. The van der Waals surface area contributed by atoms with Gasteiger partial charge in [0.2, 0.25) is 0 Å².